The summed E-state index contributed by atoms with van der Waals surface area (Å²) in [7, 11) is 0. The monoisotopic (exact) mass is 355 g/mol. The molecule has 5 nitrogen and oxygen atoms in total. The zero-order valence-corrected chi connectivity index (χ0v) is 16.5. The minimum absolute atomic E-state index is 0.104. The number of carbonyl (C=O) groups excluding carboxylic acids is 2. The van der Waals surface area contributed by atoms with Crippen LogP contribution in [-0.2, 0) is 4.79 Å². The Balaban J connectivity index is 2.35. The highest BCUT2D eigenvalue weighted by Crippen LogP contribution is 2.26. The summed E-state index contributed by atoms with van der Waals surface area (Å²) < 4.78 is 2.14. The van der Waals surface area contributed by atoms with Crippen LogP contribution in [0.1, 0.15) is 61.0 Å². The molecule has 0 unspecified atom stereocenters. The molecule has 0 saturated carbocycles. The molecule has 1 heterocycles. The van der Waals surface area contributed by atoms with E-state index in [4.69, 9.17) is 5.73 Å². The van der Waals surface area contributed by atoms with E-state index in [0.717, 1.165) is 11.4 Å². The van der Waals surface area contributed by atoms with E-state index in [1.54, 1.807) is 0 Å². The molecule has 3 N–H and O–H groups in total. The molecule has 2 atom stereocenters. The van der Waals surface area contributed by atoms with E-state index in [9.17, 15) is 9.59 Å². The average molecular weight is 355 g/mol. The van der Waals surface area contributed by atoms with Gasteiger partial charge in [0, 0.05) is 11.4 Å². The third-order valence-corrected chi connectivity index (χ3v) is 4.82. The van der Waals surface area contributed by atoms with Crippen molar-refractivity contribution in [3.05, 3.63) is 58.9 Å². The van der Waals surface area contributed by atoms with Crippen molar-refractivity contribution in [3.8, 4) is 0 Å². The van der Waals surface area contributed by atoms with E-state index in [-0.39, 0.29) is 11.9 Å². The summed E-state index contributed by atoms with van der Waals surface area (Å²) in [5, 5.41) is 2.81. The van der Waals surface area contributed by atoms with Gasteiger partial charge in [-0.15, -0.1) is 0 Å². The number of nitrogens with zero attached hydrogens (tertiary/aromatic N) is 1. The van der Waals surface area contributed by atoms with Gasteiger partial charge in [0.1, 0.15) is 6.04 Å². The molecule has 0 aliphatic heterocycles. The lowest BCUT2D eigenvalue weighted by molar-refractivity contribution is -0.122. The summed E-state index contributed by atoms with van der Waals surface area (Å²) in [6, 6.07) is 11.4. The molecule has 0 saturated heterocycles. The molecule has 1 aromatic heterocycles. The summed E-state index contributed by atoms with van der Waals surface area (Å²) in [6.45, 7) is 11.7. The van der Waals surface area contributed by atoms with Gasteiger partial charge in [0.05, 0.1) is 11.6 Å². The maximum atomic E-state index is 12.8. The lowest BCUT2D eigenvalue weighted by Gasteiger charge is -2.28. The van der Waals surface area contributed by atoms with Crippen LogP contribution in [0.15, 0.2) is 36.4 Å². The van der Waals surface area contributed by atoms with E-state index >= 15 is 0 Å². The minimum Gasteiger partial charge on any atom is -0.368 e. The second-order valence-electron chi connectivity index (χ2n) is 7.92. The summed E-state index contributed by atoms with van der Waals surface area (Å²) in [4.78, 5) is 24.6. The SMILES string of the molecule is Cc1cc(C(=O)N[C@H](C(N)=O)C(C)(C)C)c(C)n1[C@H](C)c1ccccc1. The van der Waals surface area contributed by atoms with Crippen LogP contribution in [0.4, 0.5) is 0 Å². The van der Waals surface area contributed by atoms with E-state index in [1.165, 1.54) is 5.56 Å². The molecule has 0 fully saturated rings. The number of hydrogen-bond donors (Lipinski definition) is 2. The molecular weight excluding hydrogens is 326 g/mol. The van der Waals surface area contributed by atoms with Crippen molar-refractivity contribution in [1.82, 2.24) is 9.88 Å². The second kappa shape index (κ2) is 7.36. The number of aryl methyl sites for hydroxylation is 1. The number of hydrogen-bond acceptors (Lipinski definition) is 2. The van der Waals surface area contributed by atoms with Gasteiger partial charge in [-0.25, -0.2) is 0 Å². The molecule has 2 aromatic rings. The van der Waals surface area contributed by atoms with Crippen LogP contribution in [0.3, 0.4) is 0 Å². The lowest BCUT2D eigenvalue weighted by Crippen LogP contribution is -2.52. The first-order valence-electron chi connectivity index (χ1n) is 8.87. The molecular formula is C21H29N3O2. The molecule has 0 aliphatic carbocycles. The molecule has 0 bridgehead atoms. The van der Waals surface area contributed by atoms with E-state index in [1.807, 2.05) is 58.9 Å². The smallest absolute Gasteiger partial charge is 0.253 e. The quantitative estimate of drug-likeness (QED) is 0.863. The van der Waals surface area contributed by atoms with Gasteiger partial charge < -0.3 is 15.6 Å². The number of benzene rings is 1. The highest BCUT2D eigenvalue weighted by molar-refractivity contribution is 5.98. The molecule has 26 heavy (non-hydrogen) atoms. The molecule has 0 aliphatic rings. The van der Waals surface area contributed by atoms with Crippen molar-refractivity contribution in [1.29, 1.82) is 0 Å². The predicted molar refractivity (Wildman–Crippen MR) is 104 cm³/mol. The topological polar surface area (TPSA) is 77.1 Å². The Morgan fingerprint density at radius 2 is 1.69 bits per heavy atom. The van der Waals surface area contributed by atoms with Crippen LogP contribution in [0, 0.1) is 19.3 Å². The van der Waals surface area contributed by atoms with Gasteiger partial charge in [-0.2, -0.15) is 0 Å². The van der Waals surface area contributed by atoms with E-state index < -0.39 is 17.4 Å². The van der Waals surface area contributed by atoms with Crippen molar-refractivity contribution in [3.63, 3.8) is 0 Å². The van der Waals surface area contributed by atoms with Gasteiger partial charge in [0.15, 0.2) is 0 Å². The van der Waals surface area contributed by atoms with Crippen LogP contribution in [0.2, 0.25) is 0 Å². The third-order valence-electron chi connectivity index (χ3n) is 4.82. The van der Waals surface area contributed by atoms with Crippen molar-refractivity contribution in [2.24, 2.45) is 11.1 Å². The average Bonchev–Trinajstić information content (AvgIpc) is 2.86. The summed E-state index contributed by atoms with van der Waals surface area (Å²) in [5.74, 6) is -0.805. The fourth-order valence-electron chi connectivity index (χ4n) is 3.41. The van der Waals surface area contributed by atoms with Crippen LogP contribution in [0.25, 0.3) is 0 Å². The van der Waals surface area contributed by atoms with E-state index in [0.29, 0.717) is 5.56 Å². The maximum Gasteiger partial charge on any atom is 0.253 e. The number of nitrogens with one attached hydrogen (secondary N) is 1. The Labute approximate surface area is 155 Å². The van der Waals surface area contributed by atoms with E-state index in [2.05, 4.69) is 28.9 Å². The first-order valence-corrected chi connectivity index (χ1v) is 8.87. The standard InChI is InChI=1S/C21H29N3O2/c1-13-12-17(20(26)23-18(19(22)25)21(4,5)6)15(3)24(13)14(2)16-10-8-7-9-11-16/h7-12,14,18H,1-6H3,(H2,22,25)(H,23,26)/t14-,18-/m1/s1. The Kier molecular flexibility index (Phi) is 5.59. The van der Waals surface area contributed by atoms with Crippen LogP contribution in [-0.4, -0.2) is 22.4 Å². The molecule has 5 heteroatoms. The summed E-state index contributed by atoms with van der Waals surface area (Å²) in [5.41, 5.74) is 8.64. The molecule has 0 radical (unpaired) electrons. The Morgan fingerprint density at radius 1 is 1.12 bits per heavy atom. The van der Waals surface area contributed by atoms with Gasteiger partial charge in [-0.1, -0.05) is 51.1 Å². The zero-order valence-electron chi connectivity index (χ0n) is 16.5. The van der Waals surface area contributed by atoms with Gasteiger partial charge >= 0.3 is 0 Å². The Bertz CT molecular complexity index is 801. The van der Waals surface area contributed by atoms with Crippen molar-refractivity contribution >= 4 is 11.8 Å². The Morgan fingerprint density at radius 3 is 2.19 bits per heavy atom. The highest BCUT2D eigenvalue weighted by Gasteiger charge is 2.32. The largest absolute Gasteiger partial charge is 0.368 e. The minimum atomic E-state index is -0.732. The number of aromatic nitrogens is 1. The van der Waals surface area contributed by atoms with Crippen LogP contribution < -0.4 is 11.1 Å². The van der Waals surface area contributed by atoms with Gasteiger partial charge in [-0.05, 0) is 37.8 Å². The zero-order chi connectivity index (χ0) is 19.6. The molecule has 140 valence electrons. The van der Waals surface area contributed by atoms with Crippen LogP contribution >= 0.6 is 0 Å². The normalized spacial score (nSPS) is 13.9. The summed E-state index contributed by atoms with van der Waals surface area (Å²) in [6.07, 6.45) is 0. The molecule has 2 rings (SSSR count). The van der Waals surface area contributed by atoms with Crippen molar-refractivity contribution in [2.75, 3.05) is 0 Å². The number of carbonyl (C=O) groups is 2. The van der Waals surface area contributed by atoms with Crippen molar-refractivity contribution in [2.45, 2.75) is 53.6 Å². The number of primary amides is 1. The predicted octanol–water partition coefficient (Wildman–Crippen LogP) is 3.34. The van der Waals surface area contributed by atoms with Crippen molar-refractivity contribution < 1.29 is 9.59 Å². The lowest BCUT2D eigenvalue weighted by atomic mass is 9.86. The van der Waals surface area contributed by atoms with Gasteiger partial charge in [-0.3, -0.25) is 9.59 Å². The number of amides is 2. The van der Waals surface area contributed by atoms with Gasteiger partial charge in [0.25, 0.3) is 5.91 Å². The number of nitrogens with two attached hydrogens (primary N) is 1. The molecule has 2 amide bonds. The fourth-order valence-corrected chi connectivity index (χ4v) is 3.41. The fraction of sp³-hybridized carbons (Fsp3) is 0.429. The summed E-state index contributed by atoms with van der Waals surface area (Å²) >= 11 is 0. The number of rotatable bonds is 5. The molecule has 0 spiro atoms. The first-order chi connectivity index (χ1) is 12.0. The first kappa shape index (κ1) is 19.8. The third kappa shape index (κ3) is 3.98. The second-order valence-corrected chi connectivity index (χ2v) is 7.92. The van der Waals surface area contributed by atoms with Gasteiger partial charge in [0.2, 0.25) is 5.91 Å². The molecule has 1 aromatic carbocycles. The van der Waals surface area contributed by atoms with Crippen LogP contribution in [0.5, 0.6) is 0 Å². The maximum absolute atomic E-state index is 12.8. The highest BCUT2D eigenvalue weighted by atomic mass is 16.2. The Hall–Kier alpha value is -2.56.